The van der Waals surface area contributed by atoms with E-state index >= 15 is 0 Å². The Labute approximate surface area is 89.0 Å². The lowest BCUT2D eigenvalue weighted by Crippen LogP contribution is -2.32. The van der Waals surface area contributed by atoms with Crippen LogP contribution in [-0.2, 0) is 0 Å². The Morgan fingerprint density at radius 1 is 1.00 bits per heavy atom. The Bertz CT molecular complexity index is 262. The average molecular weight is 204 g/mol. The van der Waals surface area contributed by atoms with Crippen molar-refractivity contribution in [1.82, 2.24) is 0 Å². The van der Waals surface area contributed by atoms with Crippen LogP contribution < -0.4 is 5.19 Å². The molecule has 0 bridgehead atoms. The van der Waals surface area contributed by atoms with Crippen LogP contribution in [0.3, 0.4) is 0 Å². The van der Waals surface area contributed by atoms with Crippen molar-refractivity contribution in [2.24, 2.45) is 0 Å². The molecule has 1 unspecified atom stereocenters. The van der Waals surface area contributed by atoms with Gasteiger partial charge in [-0.25, -0.2) is 0 Å². The molecular weight excluding hydrogens is 184 g/mol. The second kappa shape index (κ2) is 4.79. The first-order chi connectivity index (χ1) is 6.88. The van der Waals surface area contributed by atoms with Gasteiger partial charge in [0, 0.05) is 0 Å². The van der Waals surface area contributed by atoms with Gasteiger partial charge in [-0.3, -0.25) is 0 Å². The summed E-state index contributed by atoms with van der Waals surface area (Å²) < 4.78 is 0. The van der Waals surface area contributed by atoms with Crippen LogP contribution in [0, 0.1) is 0 Å². The van der Waals surface area contributed by atoms with Gasteiger partial charge in [-0.1, -0.05) is 74.2 Å². The van der Waals surface area contributed by atoms with E-state index in [1.165, 1.54) is 32.1 Å². The molecule has 1 atom stereocenters. The van der Waals surface area contributed by atoms with Gasteiger partial charge in [0.25, 0.3) is 0 Å². The number of hydrogen-bond acceptors (Lipinski definition) is 0. The van der Waals surface area contributed by atoms with Gasteiger partial charge in [-0.05, 0) is 5.54 Å². The average Bonchev–Trinajstić information content (AvgIpc) is 2.30. The van der Waals surface area contributed by atoms with E-state index in [1.807, 2.05) is 0 Å². The molecule has 1 heteroatoms. The minimum absolute atomic E-state index is 0.642. The van der Waals surface area contributed by atoms with Crippen molar-refractivity contribution in [3.63, 3.8) is 0 Å². The maximum atomic E-state index is 2.53. The van der Waals surface area contributed by atoms with Crippen LogP contribution in [0.1, 0.15) is 32.1 Å². The maximum Gasteiger partial charge on any atom is 0.0708 e. The van der Waals surface area contributed by atoms with Crippen LogP contribution in [0.4, 0.5) is 0 Å². The summed E-state index contributed by atoms with van der Waals surface area (Å²) in [6, 6.07) is 11.2. The van der Waals surface area contributed by atoms with Crippen LogP contribution in [0.25, 0.3) is 0 Å². The lowest BCUT2D eigenvalue weighted by molar-refractivity contribution is 0.498. The Kier molecular flexibility index (Phi) is 3.41. The van der Waals surface area contributed by atoms with Crippen LogP contribution in [0.5, 0.6) is 0 Å². The highest BCUT2D eigenvalue weighted by Crippen LogP contribution is 2.30. The molecule has 76 valence electrons. The van der Waals surface area contributed by atoms with Gasteiger partial charge in [0.15, 0.2) is 0 Å². The topological polar surface area (TPSA) is 0 Å². The molecule has 14 heavy (non-hydrogen) atoms. The molecule has 1 aromatic rings. The van der Waals surface area contributed by atoms with Gasteiger partial charge >= 0.3 is 0 Å². The Morgan fingerprint density at radius 2 is 1.64 bits per heavy atom. The van der Waals surface area contributed by atoms with Gasteiger partial charge in [-0.15, -0.1) is 0 Å². The molecule has 0 heterocycles. The number of hydrogen-bond donors (Lipinski definition) is 0. The first-order valence-corrected chi connectivity index (χ1v) is 8.33. The summed E-state index contributed by atoms with van der Waals surface area (Å²) in [6.45, 7) is 2.53. The van der Waals surface area contributed by atoms with E-state index in [2.05, 4.69) is 36.9 Å². The smallest absolute Gasteiger partial charge is 0.0678 e. The van der Waals surface area contributed by atoms with E-state index < -0.39 is 8.80 Å². The predicted molar refractivity (Wildman–Crippen MR) is 65.9 cm³/mol. The summed E-state index contributed by atoms with van der Waals surface area (Å²) in [7, 11) is -0.642. The summed E-state index contributed by atoms with van der Waals surface area (Å²) in [4.78, 5) is 0. The lowest BCUT2D eigenvalue weighted by atomic mass is 10.0. The summed E-state index contributed by atoms with van der Waals surface area (Å²) in [5.74, 6) is 0. The molecule has 1 saturated carbocycles. The molecule has 0 amide bonds. The van der Waals surface area contributed by atoms with Crippen molar-refractivity contribution in [2.45, 2.75) is 44.2 Å². The van der Waals surface area contributed by atoms with Crippen molar-refractivity contribution < 1.29 is 0 Å². The van der Waals surface area contributed by atoms with Crippen LogP contribution in [-0.4, -0.2) is 8.80 Å². The fourth-order valence-corrected chi connectivity index (χ4v) is 5.51. The highest BCUT2D eigenvalue weighted by molar-refractivity contribution is 6.73. The standard InChI is InChI=1S/C13H20Si/c1-14(12-8-4-2-5-9-12)13-10-6-3-7-11-13/h2,4-5,8-9,13-14H,3,6-7,10-11H2,1H3. The second-order valence-corrected chi connectivity index (χ2v) is 7.78. The molecule has 0 radical (unpaired) electrons. The fraction of sp³-hybridized carbons (Fsp3) is 0.538. The summed E-state index contributed by atoms with van der Waals surface area (Å²) in [5, 5.41) is 1.67. The van der Waals surface area contributed by atoms with E-state index in [0.717, 1.165) is 5.54 Å². The SMILES string of the molecule is C[SiH](c1ccccc1)C1CCCCC1. The van der Waals surface area contributed by atoms with E-state index in [-0.39, 0.29) is 0 Å². The molecule has 1 aliphatic carbocycles. The quantitative estimate of drug-likeness (QED) is 0.650. The van der Waals surface area contributed by atoms with E-state index in [9.17, 15) is 0 Å². The zero-order valence-electron chi connectivity index (χ0n) is 9.08. The molecule has 1 aromatic carbocycles. The summed E-state index contributed by atoms with van der Waals surface area (Å²) in [5.41, 5.74) is 1.08. The molecule has 0 aromatic heterocycles. The van der Waals surface area contributed by atoms with Crippen LogP contribution >= 0.6 is 0 Å². The molecule has 0 saturated heterocycles. The normalized spacial score (nSPS) is 20.6. The van der Waals surface area contributed by atoms with Crippen molar-refractivity contribution in [1.29, 1.82) is 0 Å². The number of rotatable bonds is 2. The molecule has 2 rings (SSSR count). The minimum atomic E-state index is -0.642. The molecule has 0 nitrogen and oxygen atoms in total. The van der Waals surface area contributed by atoms with Gasteiger partial charge < -0.3 is 0 Å². The van der Waals surface area contributed by atoms with Gasteiger partial charge in [0.1, 0.15) is 0 Å². The minimum Gasteiger partial charge on any atom is -0.0678 e. The largest absolute Gasteiger partial charge is 0.0708 e. The van der Waals surface area contributed by atoms with Crippen molar-refractivity contribution >= 4 is 14.0 Å². The molecular formula is C13H20Si. The zero-order chi connectivity index (χ0) is 9.80. The monoisotopic (exact) mass is 204 g/mol. The highest BCUT2D eigenvalue weighted by atomic mass is 28.3. The lowest BCUT2D eigenvalue weighted by Gasteiger charge is -2.26. The Balaban J connectivity index is 2.03. The molecule has 0 N–H and O–H groups in total. The third-order valence-corrected chi connectivity index (χ3v) is 7.20. The summed E-state index contributed by atoms with van der Waals surface area (Å²) >= 11 is 0. The van der Waals surface area contributed by atoms with Crippen molar-refractivity contribution in [3.05, 3.63) is 30.3 Å². The van der Waals surface area contributed by atoms with Gasteiger partial charge in [0.2, 0.25) is 0 Å². The second-order valence-electron chi connectivity index (χ2n) is 4.60. The van der Waals surface area contributed by atoms with Crippen LogP contribution in [0.15, 0.2) is 30.3 Å². The molecule has 1 aliphatic rings. The van der Waals surface area contributed by atoms with Gasteiger partial charge in [-0.2, -0.15) is 0 Å². The zero-order valence-corrected chi connectivity index (χ0v) is 10.2. The molecule has 0 aliphatic heterocycles. The van der Waals surface area contributed by atoms with E-state index in [0.29, 0.717) is 0 Å². The molecule has 0 spiro atoms. The third-order valence-electron chi connectivity index (χ3n) is 3.68. The van der Waals surface area contributed by atoms with Gasteiger partial charge in [0.05, 0.1) is 8.80 Å². The fourth-order valence-electron chi connectivity index (χ4n) is 2.66. The first-order valence-electron chi connectivity index (χ1n) is 5.93. The van der Waals surface area contributed by atoms with Crippen molar-refractivity contribution in [3.8, 4) is 0 Å². The van der Waals surface area contributed by atoms with Crippen molar-refractivity contribution in [2.75, 3.05) is 0 Å². The Hall–Kier alpha value is -0.563. The van der Waals surface area contributed by atoms with E-state index in [1.54, 1.807) is 5.19 Å². The van der Waals surface area contributed by atoms with E-state index in [4.69, 9.17) is 0 Å². The van der Waals surface area contributed by atoms with Crippen LogP contribution in [0.2, 0.25) is 12.1 Å². The first kappa shape index (κ1) is 9.97. The highest BCUT2D eigenvalue weighted by Gasteiger charge is 2.21. The summed E-state index contributed by atoms with van der Waals surface area (Å²) in [6.07, 6.45) is 7.45. The maximum absolute atomic E-state index is 2.53. The number of benzene rings is 1. The third kappa shape index (κ3) is 2.27. The molecule has 1 fully saturated rings. The Morgan fingerprint density at radius 3 is 2.29 bits per heavy atom. The predicted octanol–water partition coefficient (Wildman–Crippen LogP) is 3.08.